The van der Waals surface area contributed by atoms with Crippen molar-refractivity contribution in [3.63, 3.8) is 0 Å². The summed E-state index contributed by atoms with van der Waals surface area (Å²) in [6.45, 7) is 6.75. The molecule has 0 saturated carbocycles. The van der Waals surface area contributed by atoms with Crippen LogP contribution in [-0.2, 0) is 17.9 Å². The van der Waals surface area contributed by atoms with E-state index in [9.17, 15) is 14.0 Å². The minimum absolute atomic E-state index is 0.0527. The van der Waals surface area contributed by atoms with Gasteiger partial charge in [-0.05, 0) is 50.4 Å². The number of amides is 1. The molecule has 142 valence electrons. The van der Waals surface area contributed by atoms with Crippen LogP contribution in [0.15, 0.2) is 29.1 Å². The molecule has 3 N–H and O–H groups in total. The molecule has 7 nitrogen and oxygen atoms in total. The number of aryl methyl sites for hydroxylation is 2. The van der Waals surface area contributed by atoms with E-state index in [-0.39, 0.29) is 24.6 Å². The highest BCUT2D eigenvalue weighted by atomic mass is 19.1. The molecular weight excluding hydrogens is 349 g/mol. The van der Waals surface area contributed by atoms with Gasteiger partial charge in [-0.25, -0.2) is 4.39 Å². The number of H-pyrrole nitrogens is 1. The van der Waals surface area contributed by atoms with Crippen molar-refractivity contribution in [2.45, 2.75) is 33.9 Å². The Morgan fingerprint density at radius 2 is 2.07 bits per heavy atom. The quantitative estimate of drug-likeness (QED) is 0.620. The number of fused-ring (bicyclic) bond motifs is 1. The molecular formula is C19H22FN5O2. The summed E-state index contributed by atoms with van der Waals surface area (Å²) < 4.78 is 15.1. The van der Waals surface area contributed by atoms with Gasteiger partial charge in [-0.1, -0.05) is 0 Å². The van der Waals surface area contributed by atoms with Crippen LogP contribution in [0.5, 0.6) is 0 Å². The Bertz CT molecular complexity index is 1050. The topological polar surface area (TPSA) is 91.8 Å². The number of aromatic nitrogens is 3. The Labute approximate surface area is 155 Å². The summed E-state index contributed by atoms with van der Waals surface area (Å²) in [7, 11) is 0. The highest BCUT2D eigenvalue weighted by molar-refractivity contribution is 5.93. The molecule has 0 unspecified atom stereocenters. The number of halogens is 1. The fourth-order valence-electron chi connectivity index (χ4n) is 3.03. The molecule has 0 aliphatic rings. The molecule has 1 aromatic carbocycles. The fraction of sp³-hybridized carbons (Fsp3) is 0.316. The van der Waals surface area contributed by atoms with Gasteiger partial charge < -0.3 is 15.6 Å². The Morgan fingerprint density at radius 3 is 2.78 bits per heavy atom. The number of hydrogen-bond donors (Lipinski definition) is 3. The molecule has 3 rings (SSSR count). The molecule has 2 heterocycles. The molecule has 0 aliphatic carbocycles. The fourth-order valence-corrected chi connectivity index (χ4v) is 3.03. The van der Waals surface area contributed by atoms with Gasteiger partial charge in [0.1, 0.15) is 5.82 Å². The molecule has 0 spiro atoms. The first-order valence-electron chi connectivity index (χ1n) is 8.75. The number of hydrogen-bond acceptors (Lipinski definition) is 4. The SMILES string of the molecule is CCn1nc(C)c(NC(=O)CNCc2cc3ccc(F)cc3[nH]c2=O)c1C. The molecule has 0 aliphatic heterocycles. The van der Waals surface area contributed by atoms with Gasteiger partial charge in [-0.15, -0.1) is 0 Å². The third-order valence-corrected chi connectivity index (χ3v) is 4.43. The number of aromatic amines is 1. The average molecular weight is 371 g/mol. The molecule has 8 heteroatoms. The maximum atomic E-state index is 13.2. The molecule has 0 radical (unpaired) electrons. The van der Waals surface area contributed by atoms with Crippen LogP contribution in [0.4, 0.5) is 10.1 Å². The van der Waals surface area contributed by atoms with E-state index >= 15 is 0 Å². The number of anilines is 1. The highest BCUT2D eigenvalue weighted by Gasteiger charge is 2.13. The van der Waals surface area contributed by atoms with Gasteiger partial charge in [-0.2, -0.15) is 5.10 Å². The number of nitrogens with zero attached hydrogens (tertiary/aromatic N) is 2. The second kappa shape index (κ2) is 7.71. The minimum Gasteiger partial charge on any atom is -0.322 e. The zero-order valence-corrected chi connectivity index (χ0v) is 15.5. The lowest BCUT2D eigenvalue weighted by molar-refractivity contribution is -0.115. The largest absolute Gasteiger partial charge is 0.322 e. The summed E-state index contributed by atoms with van der Waals surface area (Å²) in [6.07, 6.45) is 0. The second-order valence-corrected chi connectivity index (χ2v) is 6.37. The van der Waals surface area contributed by atoms with Crippen LogP contribution in [0, 0.1) is 19.7 Å². The number of carbonyl (C=O) groups excluding carboxylic acids is 1. The smallest absolute Gasteiger partial charge is 0.252 e. The Hall–Kier alpha value is -3.00. The van der Waals surface area contributed by atoms with Crippen molar-refractivity contribution >= 4 is 22.5 Å². The summed E-state index contributed by atoms with van der Waals surface area (Å²) in [5.74, 6) is -0.617. The predicted octanol–water partition coefficient (Wildman–Crippen LogP) is 2.23. The van der Waals surface area contributed by atoms with Crippen LogP contribution in [0.25, 0.3) is 10.9 Å². The summed E-state index contributed by atoms with van der Waals surface area (Å²) >= 11 is 0. The standard InChI is InChI=1S/C19H22FN5O2/c1-4-25-12(3)18(11(2)24-25)23-17(26)10-21-9-14-7-13-5-6-15(20)8-16(13)22-19(14)27/h5-8,21H,4,9-10H2,1-3H3,(H,22,27)(H,23,26). The van der Waals surface area contributed by atoms with Gasteiger partial charge in [0.2, 0.25) is 5.91 Å². The van der Waals surface area contributed by atoms with Crippen molar-refractivity contribution in [1.82, 2.24) is 20.1 Å². The lowest BCUT2D eigenvalue weighted by atomic mass is 10.1. The maximum absolute atomic E-state index is 13.2. The van der Waals surface area contributed by atoms with E-state index in [1.54, 1.807) is 12.1 Å². The molecule has 0 bridgehead atoms. The van der Waals surface area contributed by atoms with E-state index in [1.807, 2.05) is 25.5 Å². The average Bonchev–Trinajstić information content (AvgIpc) is 2.89. The normalized spacial score (nSPS) is 11.1. The zero-order valence-electron chi connectivity index (χ0n) is 15.5. The lowest BCUT2D eigenvalue weighted by Gasteiger charge is -2.08. The van der Waals surface area contributed by atoms with Gasteiger partial charge in [0, 0.05) is 18.7 Å². The molecule has 27 heavy (non-hydrogen) atoms. The molecule has 2 aromatic heterocycles. The zero-order chi connectivity index (χ0) is 19.6. The molecule has 1 amide bonds. The first-order valence-corrected chi connectivity index (χ1v) is 8.75. The summed E-state index contributed by atoms with van der Waals surface area (Å²) in [4.78, 5) is 27.0. The molecule has 0 atom stereocenters. The van der Waals surface area contributed by atoms with Gasteiger partial charge in [0.15, 0.2) is 0 Å². The van der Waals surface area contributed by atoms with Crippen molar-refractivity contribution in [2.75, 3.05) is 11.9 Å². The molecule has 3 aromatic rings. The number of rotatable bonds is 6. The van der Waals surface area contributed by atoms with Crippen LogP contribution >= 0.6 is 0 Å². The van der Waals surface area contributed by atoms with Crippen LogP contribution in [0.2, 0.25) is 0 Å². The Balaban J connectivity index is 1.63. The third kappa shape index (κ3) is 4.06. The summed E-state index contributed by atoms with van der Waals surface area (Å²) in [6, 6.07) is 5.92. The van der Waals surface area contributed by atoms with Gasteiger partial charge in [0.25, 0.3) is 5.56 Å². The van der Waals surface area contributed by atoms with Crippen LogP contribution in [0.3, 0.4) is 0 Å². The van der Waals surface area contributed by atoms with E-state index < -0.39 is 5.82 Å². The van der Waals surface area contributed by atoms with Crippen LogP contribution in [-0.4, -0.2) is 27.2 Å². The summed E-state index contributed by atoms with van der Waals surface area (Å²) in [5, 5.41) is 10.9. The van der Waals surface area contributed by atoms with E-state index in [0.717, 1.165) is 23.3 Å². The number of benzene rings is 1. The maximum Gasteiger partial charge on any atom is 0.252 e. The summed E-state index contributed by atoms with van der Waals surface area (Å²) in [5.41, 5.74) is 3.00. The predicted molar refractivity (Wildman–Crippen MR) is 102 cm³/mol. The number of nitrogens with one attached hydrogen (secondary N) is 3. The Morgan fingerprint density at radius 1 is 1.30 bits per heavy atom. The van der Waals surface area contributed by atoms with Crippen molar-refractivity contribution in [3.05, 3.63) is 57.4 Å². The van der Waals surface area contributed by atoms with E-state index in [0.29, 0.717) is 16.8 Å². The van der Waals surface area contributed by atoms with Crippen molar-refractivity contribution in [1.29, 1.82) is 0 Å². The van der Waals surface area contributed by atoms with Gasteiger partial charge in [0.05, 0.1) is 29.1 Å². The van der Waals surface area contributed by atoms with Crippen LogP contribution in [0.1, 0.15) is 23.9 Å². The van der Waals surface area contributed by atoms with Crippen molar-refractivity contribution in [3.8, 4) is 0 Å². The third-order valence-electron chi connectivity index (χ3n) is 4.43. The highest BCUT2D eigenvalue weighted by Crippen LogP contribution is 2.19. The first-order chi connectivity index (χ1) is 12.9. The lowest BCUT2D eigenvalue weighted by Crippen LogP contribution is -2.30. The molecule has 0 fully saturated rings. The molecule has 0 saturated heterocycles. The monoisotopic (exact) mass is 371 g/mol. The van der Waals surface area contributed by atoms with Crippen LogP contribution < -0.4 is 16.2 Å². The second-order valence-electron chi connectivity index (χ2n) is 6.37. The first kappa shape index (κ1) is 18.8. The van der Waals surface area contributed by atoms with E-state index in [4.69, 9.17) is 0 Å². The van der Waals surface area contributed by atoms with E-state index in [2.05, 4.69) is 20.7 Å². The van der Waals surface area contributed by atoms with Gasteiger partial charge >= 0.3 is 0 Å². The van der Waals surface area contributed by atoms with Crippen molar-refractivity contribution < 1.29 is 9.18 Å². The van der Waals surface area contributed by atoms with Gasteiger partial charge in [-0.3, -0.25) is 14.3 Å². The van der Waals surface area contributed by atoms with E-state index in [1.165, 1.54) is 12.1 Å². The minimum atomic E-state index is -0.405. The number of carbonyl (C=O) groups is 1. The van der Waals surface area contributed by atoms with Crippen molar-refractivity contribution in [2.24, 2.45) is 0 Å². The number of pyridine rings is 1. The Kier molecular flexibility index (Phi) is 5.36.